The van der Waals surface area contributed by atoms with Crippen molar-refractivity contribution < 1.29 is 0 Å². The van der Waals surface area contributed by atoms with Gasteiger partial charge < -0.3 is 9.97 Å². The van der Waals surface area contributed by atoms with Crippen LogP contribution in [0.25, 0.3) is 90.9 Å². The molecule has 0 atom stereocenters. The number of aromatic nitrogens is 4. The molecule has 3 aromatic heterocycles. The maximum absolute atomic E-state index is 5.55. The molecule has 0 amide bonds. The second-order valence-corrected chi connectivity index (χ2v) is 41.8. The highest BCUT2D eigenvalue weighted by Gasteiger charge is 2.20. The zero-order chi connectivity index (χ0) is 51.0. The highest BCUT2D eigenvalue weighted by Crippen LogP contribution is 2.39. The summed E-state index contributed by atoms with van der Waals surface area (Å²) in [5.41, 5.74) is 33.5. The largest absolute Gasteiger partial charge is 0.354 e. The van der Waals surface area contributed by atoms with Gasteiger partial charge in [-0.3, -0.25) is 0 Å². The summed E-state index contributed by atoms with van der Waals surface area (Å²) in [6.45, 7) is 27.3. The molecule has 2 aliphatic heterocycles. The Morgan fingerprint density at radius 1 is 0.278 bits per heavy atom. The zero-order valence-electron chi connectivity index (χ0n) is 43.8. The molecule has 2 N–H and O–H groups in total. The molecule has 0 unspecified atom stereocenters. The van der Waals surface area contributed by atoms with Gasteiger partial charge in [0, 0.05) is 66.6 Å². The van der Waals surface area contributed by atoms with Crippen molar-refractivity contribution >= 4 is 78.7 Å². The Balaban J connectivity index is 1.37. The van der Waals surface area contributed by atoms with E-state index in [1.54, 1.807) is 0 Å². The minimum atomic E-state index is -1.57. The first-order chi connectivity index (χ1) is 34.1. The van der Waals surface area contributed by atoms with Gasteiger partial charge in [-0.05, 0) is 119 Å². The van der Waals surface area contributed by atoms with E-state index in [1.807, 2.05) is 0 Å². The van der Waals surface area contributed by atoms with E-state index in [-0.39, 0.29) is 0 Å². The van der Waals surface area contributed by atoms with Crippen LogP contribution >= 0.6 is 0 Å². The quantitative estimate of drug-likeness (QED) is 0.136. The van der Waals surface area contributed by atoms with E-state index in [9.17, 15) is 0 Å². The van der Waals surface area contributed by atoms with Crippen LogP contribution in [0.15, 0.2) is 121 Å². The first kappa shape index (κ1) is 49.6. The van der Waals surface area contributed by atoms with Crippen LogP contribution in [-0.4, -0.2) is 52.2 Å². The first-order valence-corrected chi connectivity index (χ1v) is 38.8. The molecule has 0 saturated heterocycles. The average molecular weight is 1000 g/mol. The second kappa shape index (κ2) is 19.7. The number of aromatic amines is 2. The Morgan fingerprint density at radius 2 is 0.472 bits per heavy atom. The summed E-state index contributed by atoms with van der Waals surface area (Å²) in [5.74, 6) is 13.8. The van der Waals surface area contributed by atoms with Gasteiger partial charge >= 0.3 is 0 Å². The number of benzene rings is 4. The van der Waals surface area contributed by atoms with Crippen molar-refractivity contribution in [2.75, 3.05) is 0 Å². The van der Waals surface area contributed by atoms with Crippen LogP contribution in [0.3, 0.4) is 0 Å². The van der Waals surface area contributed by atoms with Crippen molar-refractivity contribution in [1.29, 1.82) is 0 Å². The second-order valence-electron chi connectivity index (χ2n) is 22.8. The van der Waals surface area contributed by atoms with Gasteiger partial charge in [0.1, 0.15) is 32.3 Å². The van der Waals surface area contributed by atoms with E-state index in [2.05, 4.69) is 280 Å². The number of H-pyrrole nitrogens is 2. The van der Waals surface area contributed by atoms with Gasteiger partial charge in [0.25, 0.3) is 0 Å². The summed E-state index contributed by atoms with van der Waals surface area (Å²) >= 11 is 0. The van der Waals surface area contributed by atoms with Crippen LogP contribution in [0.1, 0.15) is 45.0 Å². The summed E-state index contributed by atoms with van der Waals surface area (Å²) < 4.78 is 0. The number of fused-ring (bicyclic) bond motifs is 8. The van der Waals surface area contributed by atoms with Crippen LogP contribution in [0.5, 0.6) is 0 Å². The van der Waals surface area contributed by atoms with Gasteiger partial charge in [-0.1, -0.05) is 151 Å². The number of nitrogens with zero attached hydrogens (tertiary/aromatic N) is 2. The summed E-state index contributed by atoms with van der Waals surface area (Å²) in [6.07, 6.45) is 8.61. The average Bonchev–Trinajstić information content (AvgIpc) is 4.18. The third kappa shape index (κ3) is 12.0. The Labute approximate surface area is 431 Å². The zero-order valence-corrected chi connectivity index (χ0v) is 47.8. The molecule has 8 bridgehead atoms. The SMILES string of the molecule is C[Si](C)(C)C#Cc1ccc(-c2c3nc(c(-c4ccc(C#C[Si](C)(C)C)cc4)c4ccc([nH]4)c(-c4ccc(C#C[Si](C)(C)C)cc4)c4nc(c(-c5ccc(C#C[Si](C)(C)C)cc5)c5ccc2[nH]5)C=C4)C=C3)cc1. The van der Waals surface area contributed by atoms with Gasteiger partial charge in [0.2, 0.25) is 0 Å². The molecule has 7 aromatic rings. The van der Waals surface area contributed by atoms with Crippen LogP contribution in [0.2, 0.25) is 78.6 Å². The van der Waals surface area contributed by atoms with Crippen molar-refractivity contribution in [3.63, 3.8) is 0 Å². The molecule has 4 aromatic carbocycles. The molecule has 8 heteroatoms. The van der Waals surface area contributed by atoms with Crippen molar-refractivity contribution in [3.05, 3.63) is 166 Å². The fourth-order valence-electron chi connectivity index (χ4n) is 8.34. The third-order valence-electron chi connectivity index (χ3n) is 11.8. The molecule has 5 heterocycles. The molecular formula is C64H62N4Si4. The lowest BCUT2D eigenvalue weighted by Gasteiger charge is -2.08. The Morgan fingerprint density at radius 3 is 0.653 bits per heavy atom. The summed E-state index contributed by atoms with van der Waals surface area (Å²) in [4.78, 5) is 18.9. The molecule has 0 spiro atoms. The molecule has 72 heavy (non-hydrogen) atoms. The van der Waals surface area contributed by atoms with Crippen molar-refractivity contribution in [3.8, 4) is 90.4 Å². The summed E-state index contributed by atoms with van der Waals surface area (Å²) in [5, 5.41) is 0. The minimum Gasteiger partial charge on any atom is -0.354 e. The van der Waals surface area contributed by atoms with Gasteiger partial charge in [-0.2, -0.15) is 0 Å². The van der Waals surface area contributed by atoms with Crippen molar-refractivity contribution in [2.45, 2.75) is 78.6 Å². The van der Waals surface area contributed by atoms with E-state index < -0.39 is 32.3 Å². The molecule has 0 radical (unpaired) electrons. The molecule has 9 rings (SSSR count). The van der Waals surface area contributed by atoms with E-state index >= 15 is 0 Å². The van der Waals surface area contributed by atoms with Crippen LogP contribution < -0.4 is 0 Å². The standard InChI is InChI=1S/C64H62N4Si4/c1-69(2,3)41-37-45-13-21-49(22-14-45)61-53-29-31-55(65-53)62(50-23-15-46(16-24-50)38-42-70(4,5)6)57-33-35-59(67-57)64(52-27-19-48(20-28-52)40-44-72(10,11)12)60-36-34-58(68-60)63(56-32-30-54(61)66-56)51-25-17-47(18-26-51)39-43-71(7,8)9/h13-36,65,68H,1-12H3. The Kier molecular flexibility index (Phi) is 13.5. The van der Waals surface area contributed by atoms with Gasteiger partial charge in [-0.25, -0.2) is 9.97 Å². The van der Waals surface area contributed by atoms with E-state index in [0.29, 0.717) is 0 Å². The number of rotatable bonds is 4. The Hall–Kier alpha value is -7.41. The lowest BCUT2D eigenvalue weighted by atomic mass is 10.0. The number of nitrogens with one attached hydrogen (secondary N) is 2. The molecule has 0 saturated carbocycles. The van der Waals surface area contributed by atoms with Crippen molar-refractivity contribution in [2.24, 2.45) is 0 Å². The minimum absolute atomic E-state index is 0.860. The summed E-state index contributed by atoms with van der Waals surface area (Å²) in [6, 6.07) is 43.2. The van der Waals surface area contributed by atoms with Gasteiger partial charge in [-0.15, -0.1) is 22.2 Å². The molecule has 354 valence electrons. The summed E-state index contributed by atoms with van der Waals surface area (Å²) in [7, 11) is -6.28. The van der Waals surface area contributed by atoms with Crippen LogP contribution in [0.4, 0.5) is 0 Å². The topological polar surface area (TPSA) is 57.4 Å². The predicted octanol–water partition coefficient (Wildman–Crippen LogP) is 16.2. The molecule has 4 nitrogen and oxygen atoms in total. The van der Waals surface area contributed by atoms with Crippen LogP contribution in [0, 0.1) is 45.9 Å². The predicted molar refractivity (Wildman–Crippen MR) is 321 cm³/mol. The third-order valence-corrected chi connectivity index (χ3v) is 15.3. The monoisotopic (exact) mass is 998 g/mol. The number of hydrogen-bond acceptors (Lipinski definition) is 2. The molecule has 0 aliphatic carbocycles. The molecule has 0 fully saturated rings. The highest BCUT2D eigenvalue weighted by atomic mass is 28.3. The van der Waals surface area contributed by atoms with Crippen LogP contribution in [-0.2, 0) is 0 Å². The molecule has 2 aliphatic rings. The fraction of sp³-hybridized carbons (Fsp3) is 0.188. The lowest BCUT2D eigenvalue weighted by molar-refractivity contribution is 1.31. The highest BCUT2D eigenvalue weighted by molar-refractivity contribution is 6.85. The normalized spacial score (nSPS) is 12.2. The number of hydrogen-bond donors (Lipinski definition) is 2. The first-order valence-electron chi connectivity index (χ1n) is 24.8. The van der Waals surface area contributed by atoms with Crippen molar-refractivity contribution in [1.82, 2.24) is 19.9 Å². The van der Waals surface area contributed by atoms with Gasteiger partial charge in [0.15, 0.2) is 0 Å². The smallest absolute Gasteiger partial charge is 0.129 e. The Bertz CT molecular complexity index is 3260. The molecular weight excluding hydrogens is 937 g/mol. The lowest BCUT2D eigenvalue weighted by Crippen LogP contribution is -2.16. The maximum atomic E-state index is 5.55. The maximum Gasteiger partial charge on any atom is 0.129 e. The van der Waals surface area contributed by atoms with E-state index in [1.165, 1.54) is 0 Å². The van der Waals surface area contributed by atoms with E-state index in [0.717, 1.165) is 112 Å². The van der Waals surface area contributed by atoms with E-state index in [4.69, 9.17) is 9.97 Å². The fourth-order valence-corrected chi connectivity index (χ4v) is 10.4. The van der Waals surface area contributed by atoms with Gasteiger partial charge in [0.05, 0.1) is 22.8 Å².